The first kappa shape index (κ1) is 29.0. The van der Waals surface area contributed by atoms with Crippen molar-refractivity contribution in [2.75, 3.05) is 7.11 Å². The molecule has 2 aliphatic rings. The minimum atomic E-state index is -1.41. The highest BCUT2D eigenvalue weighted by atomic mass is 31.2. The topological polar surface area (TPSA) is 56.8 Å². The molecular weight excluding hydrogens is 433 g/mol. The van der Waals surface area contributed by atoms with Gasteiger partial charge in [0.2, 0.25) is 0 Å². The first-order chi connectivity index (χ1) is 15.5. The van der Waals surface area contributed by atoms with E-state index in [1.165, 1.54) is 32.8 Å². The Hall–Kier alpha value is -0.220. The number of esters is 1. The molecule has 0 aromatic carbocycles. The predicted octanol–water partition coefficient (Wildman–Crippen LogP) is 7.35. The summed E-state index contributed by atoms with van der Waals surface area (Å²) in [6, 6.07) is -0.405. The van der Waals surface area contributed by atoms with Gasteiger partial charge in [-0.05, 0) is 73.5 Å². The first-order valence-electron chi connectivity index (χ1n) is 13.5. The number of carbonyl (C=O) groups is 1. The Morgan fingerprint density at radius 3 is 1.67 bits per heavy atom. The van der Waals surface area contributed by atoms with E-state index >= 15 is 0 Å². The highest BCUT2D eigenvalue weighted by Crippen LogP contribution is 2.48. The zero-order valence-corrected chi connectivity index (χ0v) is 23.7. The molecule has 0 bridgehead atoms. The van der Waals surface area contributed by atoms with Crippen LogP contribution in [0.4, 0.5) is 0 Å². The largest absolute Gasteiger partial charge is 0.468 e. The number of hydrogen-bond donors (Lipinski definition) is 1. The van der Waals surface area contributed by atoms with Crippen molar-refractivity contribution in [3.63, 3.8) is 0 Å². The Morgan fingerprint density at radius 2 is 1.30 bits per heavy atom. The number of rotatable bonds is 11. The molecular formula is C27H52NO4P. The fourth-order valence-electron chi connectivity index (χ4n) is 5.75. The fourth-order valence-corrected chi connectivity index (χ4v) is 7.36. The van der Waals surface area contributed by atoms with Gasteiger partial charge >= 0.3 is 5.97 Å². The van der Waals surface area contributed by atoms with E-state index in [0.717, 1.165) is 12.8 Å². The summed E-state index contributed by atoms with van der Waals surface area (Å²) in [6.45, 7) is 18.2. The van der Waals surface area contributed by atoms with Gasteiger partial charge in [-0.1, -0.05) is 68.2 Å². The molecule has 33 heavy (non-hydrogen) atoms. The van der Waals surface area contributed by atoms with Gasteiger partial charge in [-0.25, -0.2) is 5.09 Å². The van der Waals surface area contributed by atoms with Crippen molar-refractivity contribution in [3.8, 4) is 0 Å². The van der Waals surface area contributed by atoms with Gasteiger partial charge in [0.15, 0.2) is 0 Å². The highest BCUT2D eigenvalue weighted by Gasteiger charge is 2.39. The number of ether oxygens (including phenoxy) is 1. The Morgan fingerprint density at radius 1 is 0.848 bits per heavy atom. The molecule has 2 fully saturated rings. The number of hydrogen-bond acceptors (Lipinski definition) is 5. The van der Waals surface area contributed by atoms with E-state index in [4.69, 9.17) is 13.8 Å². The van der Waals surface area contributed by atoms with Crippen molar-refractivity contribution in [1.29, 1.82) is 0 Å². The quantitative estimate of drug-likeness (QED) is 0.245. The van der Waals surface area contributed by atoms with E-state index in [1.807, 2.05) is 0 Å². The molecule has 0 saturated heterocycles. The molecule has 2 aliphatic carbocycles. The lowest BCUT2D eigenvalue weighted by atomic mass is 9.75. The maximum Gasteiger partial charge on any atom is 0.323 e. The van der Waals surface area contributed by atoms with Crippen molar-refractivity contribution in [2.45, 2.75) is 119 Å². The van der Waals surface area contributed by atoms with Gasteiger partial charge in [0.1, 0.15) is 6.04 Å². The van der Waals surface area contributed by atoms with Crippen LogP contribution < -0.4 is 5.09 Å². The van der Waals surface area contributed by atoms with Gasteiger partial charge in [-0.2, -0.15) is 0 Å². The molecule has 0 aromatic heterocycles. The zero-order valence-electron chi connectivity index (χ0n) is 22.8. The average molecular weight is 486 g/mol. The average Bonchev–Trinajstić information content (AvgIpc) is 2.71. The molecule has 0 spiro atoms. The lowest BCUT2D eigenvalue weighted by molar-refractivity contribution is -0.143. The van der Waals surface area contributed by atoms with Crippen molar-refractivity contribution in [2.24, 2.45) is 41.4 Å². The molecule has 0 heterocycles. The highest BCUT2D eigenvalue weighted by molar-refractivity contribution is 7.45. The van der Waals surface area contributed by atoms with Crippen LogP contribution in [0.1, 0.15) is 100 Å². The molecule has 2 rings (SSSR count). The molecule has 194 valence electrons. The van der Waals surface area contributed by atoms with Crippen LogP contribution in [0.25, 0.3) is 0 Å². The summed E-state index contributed by atoms with van der Waals surface area (Å²) < 4.78 is 18.8. The van der Waals surface area contributed by atoms with E-state index < -0.39 is 14.6 Å². The van der Waals surface area contributed by atoms with Gasteiger partial charge < -0.3 is 13.8 Å². The van der Waals surface area contributed by atoms with Crippen LogP contribution in [-0.4, -0.2) is 31.3 Å². The van der Waals surface area contributed by atoms with Gasteiger partial charge in [-0.3, -0.25) is 4.79 Å². The van der Waals surface area contributed by atoms with Gasteiger partial charge in [0.05, 0.1) is 19.3 Å². The van der Waals surface area contributed by atoms with Crippen LogP contribution >= 0.6 is 8.53 Å². The Labute approximate surface area is 205 Å². The van der Waals surface area contributed by atoms with Gasteiger partial charge in [0, 0.05) is 0 Å². The summed E-state index contributed by atoms with van der Waals surface area (Å²) in [5.41, 5.74) is 0. The smallest absolute Gasteiger partial charge is 0.323 e. The first-order valence-corrected chi connectivity index (χ1v) is 14.7. The molecule has 0 unspecified atom stereocenters. The maximum absolute atomic E-state index is 12.6. The van der Waals surface area contributed by atoms with E-state index in [2.05, 4.69) is 60.5 Å². The molecule has 0 amide bonds. The molecule has 0 aromatic rings. The van der Waals surface area contributed by atoms with E-state index in [0.29, 0.717) is 47.8 Å². The lowest BCUT2D eigenvalue weighted by Gasteiger charge is -2.42. The van der Waals surface area contributed by atoms with Crippen LogP contribution in [-0.2, 0) is 18.6 Å². The van der Waals surface area contributed by atoms with E-state index in [-0.39, 0.29) is 18.2 Å². The zero-order chi connectivity index (χ0) is 24.7. The molecule has 0 radical (unpaired) electrons. The monoisotopic (exact) mass is 485 g/mol. The van der Waals surface area contributed by atoms with E-state index in [1.54, 1.807) is 0 Å². The minimum absolute atomic E-state index is 0.170. The Balaban J connectivity index is 2.26. The summed E-state index contributed by atoms with van der Waals surface area (Å²) >= 11 is 0. The number of methoxy groups -OCH3 is 1. The van der Waals surface area contributed by atoms with E-state index in [9.17, 15) is 4.79 Å². The summed E-state index contributed by atoms with van der Waals surface area (Å²) in [4.78, 5) is 12.6. The fraction of sp³-hybridized carbons (Fsp3) is 0.963. The van der Waals surface area contributed by atoms with Crippen LogP contribution in [0, 0.1) is 41.4 Å². The second kappa shape index (κ2) is 13.8. The minimum Gasteiger partial charge on any atom is -0.468 e. The third-order valence-corrected chi connectivity index (χ3v) is 9.29. The Kier molecular flexibility index (Phi) is 12.1. The normalized spacial score (nSPS) is 32.0. The van der Waals surface area contributed by atoms with Crippen molar-refractivity contribution < 1.29 is 18.6 Å². The lowest BCUT2D eigenvalue weighted by Crippen LogP contribution is -2.41. The van der Waals surface area contributed by atoms with Crippen LogP contribution in [0.2, 0.25) is 0 Å². The third-order valence-electron chi connectivity index (χ3n) is 7.84. The second-order valence-electron chi connectivity index (χ2n) is 12.0. The third kappa shape index (κ3) is 9.06. The summed E-state index contributed by atoms with van der Waals surface area (Å²) in [5.74, 6) is 3.68. The molecule has 0 aliphatic heterocycles. The maximum atomic E-state index is 12.6. The molecule has 6 heteroatoms. The van der Waals surface area contributed by atoms with Gasteiger partial charge in [0.25, 0.3) is 8.53 Å². The Bertz CT molecular complexity index is 550. The summed E-state index contributed by atoms with van der Waals surface area (Å²) in [5, 5.41) is 3.53. The molecule has 1 N–H and O–H groups in total. The van der Waals surface area contributed by atoms with Crippen molar-refractivity contribution >= 4 is 14.5 Å². The van der Waals surface area contributed by atoms with Crippen molar-refractivity contribution in [3.05, 3.63) is 0 Å². The SMILES string of the molecule is COC(=O)[C@H](CC(C)C)NP(O[C@@H]1C[C@H](C)CC[C@H]1C(C)C)O[C@@H]1C[C@H](C)CC[C@H]1C(C)C. The molecule has 5 nitrogen and oxygen atoms in total. The van der Waals surface area contributed by atoms with Crippen molar-refractivity contribution in [1.82, 2.24) is 5.09 Å². The molecule has 2 saturated carbocycles. The second-order valence-corrected chi connectivity index (χ2v) is 13.2. The summed E-state index contributed by atoms with van der Waals surface area (Å²) in [6.07, 6.45) is 8.12. The number of carbonyl (C=O) groups excluding carboxylic acids is 1. The van der Waals surface area contributed by atoms with Crippen LogP contribution in [0.15, 0.2) is 0 Å². The number of nitrogens with one attached hydrogen (secondary N) is 1. The van der Waals surface area contributed by atoms with Gasteiger partial charge in [-0.15, -0.1) is 0 Å². The predicted molar refractivity (Wildman–Crippen MR) is 138 cm³/mol. The van der Waals surface area contributed by atoms with Crippen LogP contribution in [0.3, 0.4) is 0 Å². The van der Waals surface area contributed by atoms with Crippen LogP contribution in [0.5, 0.6) is 0 Å². The standard InChI is InChI=1S/C27H52NO4P/c1-17(2)14-24(27(29)30-9)28-33(31-25-15-20(7)10-12-22(25)18(3)4)32-26-16-21(8)11-13-23(26)19(5)6/h17-26,28H,10-16H2,1-9H3/t20-,21-,22+,23+,24+,25-,26-/m1/s1. The molecule has 7 atom stereocenters. The summed E-state index contributed by atoms with van der Waals surface area (Å²) in [7, 11) is 0.0625.